The molecule has 2 N–H and O–H groups in total. The van der Waals surface area contributed by atoms with Crippen molar-refractivity contribution in [1.82, 2.24) is 4.90 Å². The molecular weight excluding hydrogens is 288 g/mol. The monoisotopic (exact) mass is 308 g/mol. The van der Waals surface area contributed by atoms with Crippen molar-refractivity contribution in [1.29, 1.82) is 0 Å². The number of ether oxygens (including phenoxy) is 1. The van der Waals surface area contributed by atoms with Gasteiger partial charge >= 0.3 is 5.97 Å². The standard InChI is InChI=1S/C15H20N2O5/c1-17(2)14(19)6-4-5-13(18)16-10-7-8-11(15(20)21)12(9-10)22-3/h7-9H,4-6H2,1-3H3,(H,16,18)(H,20,21). The van der Waals surface area contributed by atoms with E-state index in [2.05, 4.69) is 5.32 Å². The number of nitrogens with zero attached hydrogens (tertiary/aromatic N) is 1. The van der Waals surface area contributed by atoms with E-state index in [0.717, 1.165) is 0 Å². The lowest BCUT2D eigenvalue weighted by molar-refractivity contribution is -0.128. The summed E-state index contributed by atoms with van der Waals surface area (Å²) in [5, 5.41) is 11.6. The summed E-state index contributed by atoms with van der Waals surface area (Å²) < 4.78 is 4.99. The minimum absolute atomic E-state index is 0.0251. The average molecular weight is 308 g/mol. The van der Waals surface area contributed by atoms with Gasteiger partial charge in [-0.1, -0.05) is 0 Å². The molecule has 0 radical (unpaired) electrons. The van der Waals surface area contributed by atoms with Crippen molar-refractivity contribution in [2.75, 3.05) is 26.5 Å². The predicted octanol–water partition coefficient (Wildman–Crippen LogP) is 1.59. The number of carbonyl (C=O) groups excluding carboxylic acids is 2. The molecule has 0 spiro atoms. The number of carbonyl (C=O) groups is 3. The first-order valence-electron chi connectivity index (χ1n) is 6.76. The number of nitrogens with one attached hydrogen (secondary N) is 1. The number of hydrogen-bond donors (Lipinski definition) is 2. The number of benzene rings is 1. The zero-order chi connectivity index (χ0) is 16.7. The predicted molar refractivity (Wildman–Crippen MR) is 81.1 cm³/mol. The maximum atomic E-state index is 11.8. The molecule has 0 aromatic heterocycles. The third-order valence-electron chi connectivity index (χ3n) is 3.01. The van der Waals surface area contributed by atoms with Gasteiger partial charge in [0.2, 0.25) is 11.8 Å². The van der Waals surface area contributed by atoms with Gasteiger partial charge in [-0.2, -0.15) is 0 Å². The summed E-state index contributed by atoms with van der Waals surface area (Å²) in [4.78, 5) is 35.6. The summed E-state index contributed by atoms with van der Waals surface area (Å²) in [6, 6.07) is 4.31. The van der Waals surface area contributed by atoms with Gasteiger partial charge in [0, 0.05) is 38.7 Å². The van der Waals surface area contributed by atoms with Crippen LogP contribution >= 0.6 is 0 Å². The van der Waals surface area contributed by atoms with Crippen LogP contribution in [0.25, 0.3) is 0 Å². The highest BCUT2D eigenvalue weighted by molar-refractivity contribution is 5.94. The van der Waals surface area contributed by atoms with Gasteiger partial charge in [-0.3, -0.25) is 9.59 Å². The highest BCUT2D eigenvalue weighted by Gasteiger charge is 2.12. The number of anilines is 1. The second kappa shape index (κ2) is 8.02. The zero-order valence-electron chi connectivity index (χ0n) is 12.9. The summed E-state index contributed by atoms with van der Waals surface area (Å²) in [6.07, 6.45) is 0.970. The topological polar surface area (TPSA) is 95.9 Å². The van der Waals surface area contributed by atoms with E-state index in [4.69, 9.17) is 9.84 Å². The van der Waals surface area contributed by atoms with Crippen molar-refractivity contribution in [3.63, 3.8) is 0 Å². The lowest BCUT2D eigenvalue weighted by atomic mass is 10.1. The molecule has 0 bridgehead atoms. The Labute approximate surface area is 128 Å². The Morgan fingerprint density at radius 3 is 2.45 bits per heavy atom. The molecule has 1 aromatic rings. The summed E-state index contributed by atoms with van der Waals surface area (Å²) in [6.45, 7) is 0. The SMILES string of the molecule is COc1cc(NC(=O)CCCC(=O)N(C)C)ccc1C(=O)O. The molecule has 0 unspecified atom stereocenters. The van der Waals surface area contributed by atoms with Crippen LogP contribution in [-0.2, 0) is 9.59 Å². The van der Waals surface area contributed by atoms with Crippen LogP contribution < -0.4 is 10.1 Å². The number of rotatable bonds is 7. The third-order valence-corrected chi connectivity index (χ3v) is 3.01. The van der Waals surface area contributed by atoms with Crippen LogP contribution in [0.15, 0.2) is 18.2 Å². The summed E-state index contributed by atoms with van der Waals surface area (Å²) >= 11 is 0. The maximum Gasteiger partial charge on any atom is 0.339 e. The van der Waals surface area contributed by atoms with Crippen LogP contribution in [0.4, 0.5) is 5.69 Å². The van der Waals surface area contributed by atoms with Crippen molar-refractivity contribution in [3.05, 3.63) is 23.8 Å². The number of amides is 2. The Hall–Kier alpha value is -2.57. The Balaban J connectivity index is 2.58. The van der Waals surface area contributed by atoms with Crippen molar-refractivity contribution in [3.8, 4) is 5.75 Å². The fourth-order valence-corrected chi connectivity index (χ4v) is 1.79. The van der Waals surface area contributed by atoms with E-state index in [9.17, 15) is 14.4 Å². The Kier molecular flexibility index (Phi) is 6.37. The molecule has 0 heterocycles. The van der Waals surface area contributed by atoms with Crippen LogP contribution in [0.3, 0.4) is 0 Å². The molecule has 7 nitrogen and oxygen atoms in total. The lowest BCUT2D eigenvalue weighted by Crippen LogP contribution is -2.21. The molecule has 120 valence electrons. The molecular formula is C15H20N2O5. The number of carboxylic acids is 1. The minimum Gasteiger partial charge on any atom is -0.496 e. The van der Waals surface area contributed by atoms with Crippen LogP contribution in [0.5, 0.6) is 5.75 Å². The maximum absolute atomic E-state index is 11.8. The van der Waals surface area contributed by atoms with E-state index in [1.807, 2.05) is 0 Å². The van der Waals surface area contributed by atoms with Gasteiger partial charge in [0.1, 0.15) is 11.3 Å². The van der Waals surface area contributed by atoms with E-state index < -0.39 is 5.97 Å². The molecule has 22 heavy (non-hydrogen) atoms. The molecule has 0 aliphatic carbocycles. The van der Waals surface area contributed by atoms with E-state index >= 15 is 0 Å². The van der Waals surface area contributed by atoms with E-state index in [-0.39, 0.29) is 29.5 Å². The molecule has 7 heteroatoms. The highest BCUT2D eigenvalue weighted by atomic mass is 16.5. The minimum atomic E-state index is -1.10. The zero-order valence-corrected chi connectivity index (χ0v) is 12.9. The van der Waals surface area contributed by atoms with Crippen molar-refractivity contribution < 1.29 is 24.2 Å². The second-order valence-electron chi connectivity index (χ2n) is 4.91. The summed E-state index contributed by atoms with van der Waals surface area (Å²) in [5.74, 6) is -1.19. The largest absolute Gasteiger partial charge is 0.496 e. The first-order chi connectivity index (χ1) is 10.3. The number of hydrogen-bond acceptors (Lipinski definition) is 4. The number of carboxylic acid groups (broad SMARTS) is 1. The molecule has 0 fully saturated rings. The number of aromatic carboxylic acids is 1. The first-order valence-corrected chi connectivity index (χ1v) is 6.76. The molecule has 0 atom stereocenters. The Morgan fingerprint density at radius 2 is 1.91 bits per heavy atom. The fourth-order valence-electron chi connectivity index (χ4n) is 1.79. The van der Waals surface area contributed by atoms with E-state index in [1.165, 1.54) is 30.2 Å². The molecule has 0 aliphatic heterocycles. The van der Waals surface area contributed by atoms with Gasteiger partial charge < -0.3 is 20.1 Å². The van der Waals surface area contributed by atoms with Gasteiger partial charge in [-0.25, -0.2) is 4.79 Å². The van der Waals surface area contributed by atoms with Crippen LogP contribution in [0.1, 0.15) is 29.6 Å². The van der Waals surface area contributed by atoms with Crippen molar-refractivity contribution >= 4 is 23.5 Å². The normalized spacial score (nSPS) is 9.95. The number of methoxy groups -OCH3 is 1. The average Bonchev–Trinajstić information content (AvgIpc) is 2.46. The summed E-state index contributed by atoms with van der Waals surface area (Å²) in [5.41, 5.74) is 0.475. The highest BCUT2D eigenvalue weighted by Crippen LogP contribution is 2.23. The van der Waals surface area contributed by atoms with Gasteiger partial charge in [-0.15, -0.1) is 0 Å². The Morgan fingerprint density at radius 1 is 1.23 bits per heavy atom. The van der Waals surface area contributed by atoms with Crippen LogP contribution in [0.2, 0.25) is 0 Å². The van der Waals surface area contributed by atoms with E-state index in [0.29, 0.717) is 18.5 Å². The van der Waals surface area contributed by atoms with Crippen LogP contribution in [0, 0.1) is 0 Å². The van der Waals surface area contributed by atoms with Gasteiger partial charge in [0.05, 0.1) is 7.11 Å². The van der Waals surface area contributed by atoms with Gasteiger partial charge in [-0.05, 0) is 18.6 Å². The molecule has 2 amide bonds. The second-order valence-corrected chi connectivity index (χ2v) is 4.91. The lowest BCUT2D eigenvalue weighted by Gasteiger charge is -2.11. The smallest absolute Gasteiger partial charge is 0.339 e. The quantitative estimate of drug-likeness (QED) is 0.797. The molecule has 1 aromatic carbocycles. The van der Waals surface area contributed by atoms with Gasteiger partial charge in [0.25, 0.3) is 0 Å². The Bertz CT molecular complexity index is 569. The first kappa shape index (κ1) is 17.5. The third kappa shape index (κ3) is 5.08. The van der Waals surface area contributed by atoms with Crippen molar-refractivity contribution in [2.24, 2.45) is 0 Å². The van der Waals surface area contributed by atoms with E-state index in [1.54, 1.807) is 14.1 Å². The summed E-state index contributed by atoms with van der Waals surface area (Å²) in [7, 11) is 4.69. The molecule has 0 saturated carbocycles. The molecule has 0 aliphatic rings. The fraction of sp³-hybridized carbons (Fsp3) is 0.400. The van der Waals surface area contributed by atoms with Gasteiger partial charge in [0.15, 0.2) is 0 Å². The molecule has 1 rings (SSSR count). The van der Waals surface area contributed by atoms with Crippen molar-refractivity contribution in [2.45, 2.75) is 19.3 Å². The van der Waals surface area contributed by atoms with Crippen LogP contribution in [-0.4, -0.2) is 49.0 Å². The molecule has 0 saturated heterocycles.